The third kappa shape index (κ3) is 9.96. The van der Waals surface area contributed by atoms with E-state index in [1.54, 1.807) is 0 Å². The number of piperidine rings is 8. The van der Waals surface area contributed by atoms with Crippen LogP contribution in [0.25, 0.3) is 0 Å². The molecule has 12 rings (SSSR count). The minimum absolute atomic E-state index is 0.509. The third-order valence-corrected chi connectivity index (χ3v) is 21.7. The first-order valence-electron chi connectivity index (χ1n) is 30.8. The van der Waals surface area contributed by atoms with Crippen molar-refractivity contribution in [2.75, 3.05) is 52.4 Å². The molecule has 4 saturated carbocycles. The molecule has 8 saturated heterocycles. The van der Waals surface area contributed by atoms with Crippen LogP contribution in [-0.2, 0) is 0 Å². The highest BCUT2D eigenvalue weighted by atomic mass is 15.4. The second-order valence-electron chi connectivity index (χ2n) is 25.2. The van der Waals surface area contributed by atoms with Crippen molar-refractivity contribution in [3.8, 4) is 0 Å². The van der Waals surface area contributed by atoms with Gasteiger partial charge in [-0.25, -0.2) is 0 Å². The van der Waals surface area contributed by atoms with E-state index in [1.807, 2.05) is 0 Å². The lowest BCUT2D eigenvalue weighted by Gasteiger charge is -2.69. The second-order valence-corrected chi connectivity index (χ2v) is 25.2. The van der Waals surface area contributed by atoms with Crippen molar-refractivity contribution < 1.29 is 0 Å². The van der Waals surface area contributed by atoms with E-state index < -0.39 is 0 Å². The number of nitrogens with one attached hydrogen (secondary N) is 8. The molecule has 12 heteroatoms. The van der Waals surface area contributed by atoms with Gasteiger partial charge in [-0.3, -0.25) is 19.6 Å². The van der Waals surface area contributed by atoms with Gasteiger partial charge in [-0.2, -0.15) is 0 Å². The maximum Gasteiger partial charge on any atom is 0.0613 e. The Morgan fingerprint density at radius 1 is 0.206 bits per heavy atom. The fourth-order valence-electron chi connectivity index (χ4n) is 19.1. The molecular formula is C56H102N12. The molecule has 8 aliphatic heterocycles. The lowest BCUT2D eigenvalue weighted by molar-refractivity contribution is -0.200. The monoisotopic (exact) mass is 943 g/mol. The largest absolute Gasteiger partial charge is 0.302 e. The van der Waals surface area contributed by atoms with E-state index >= 15 is 0 Å². The molecule has 68 heavy (non-hydrogen) atoms. The summed E-state index contributed by atoms with van der Waals surface area (Å²) in [6.45, 7) is 9.57. The summed E-state index contributed by atoms with van der Waals surface area (Å²) in [5.41, 5.74) is 0. The zero-order valence-corrected chi connectivity index (χ0v) is 43.1. The average Bonchev–Trinajstić information content (AvgIpc) is 3.42. The molecule has 0 bridgehead atoms. The van der Waals surface area contributed by atoms with Gasteiger partial charge in [0.15, 0.2) is 0 Å². The summed E-state index contributed by atoms with van der Waals surface area (Å²) < 4.78 is 0. The lowest BCUT2D eigenvalue weighted by atomic mass is 9.44. The van der Waals surface area contributed by atoms with Crippen molar-refractivity contribution in [3.05, 3.63) is 0 Å². The first kappa shape index (κ1) is 48.5. The van der Waals surface area contributed by atoms with Gasteiger partial charge < -0.3 is 42.5 Å². The summed E-state index contributed by atoms with van der Waals surface area (Å²) in [4.78, 5) is 13.0. The van der Waals surface area contributed by atoms with Crippen molar-refractivity contribution >= 4 is 0 Å². The minimum atomic E-state index is 0.509. The molecule has 0 amide bonds. The summed E-state index contributed by atoms with van der Waals surface area (Å²) >= 11 is 0. The van der Waals surface area contributed by atoms with Gasteiger partial charge in [0.25, 0.3) is 0 Å². The minimum Gasteiger partial charge on any atom is -0.302 e. The standard InChI is InChI=1S/C56H102N12/c1-9-29-57-47(17-1)65(48-18-2-10-30-58-48)43-37-44(66(49-19-3-11-31-59-49)50-20-4-12-32-60-50)40-27-28-42-46(68(53-23-7-15-35-63-53)54-24-8-16-36-64-54)38-45(41-26-25-39(43)55(40)56(41)42)67(51-21-5-13-33-61-51)52-22-6-14-34-62-52/h39-64H,1-38H2. The molecule has 0 radical (unpaired) electrons. The van der Waals surface area contributed by atoms with Gasteiger partial charge in [-0.05, 0) is 280 Å². The number of rotatable bonds is 12. The van der Waals surface area contributed by atoms with E-state index in [0.717, 1.165) is 35.5 Å². The predicted octanol–water partition coefficient (Wildman–Crippen LogP) is 6.56. The smallest absolute Gasteiger partial charge is 0.0613 e. The summed E-state index contributed by atoms with van der Waals surface area (Å²) in [5.74, 6) is 4.75. The van der Waals surface area contributed by atoms with Gasteiger partial charge in [-0.15, -0.1) is 0 Å². The Kier molecular flexibility index (Phi) is 16.4. The number of nitrogens with zero attached hydrogens (tertiary/aromatic N) is 4. The quantitative estimate of drug-likeness (QED) is 0.109. The zero-order valence-electron chi connectivity index (χ0n) is 43.1. The van der Waals surface area contributed by atoms with Crippen LogP contribution in [0, 0.1) is 35.5 Å². The van der Waals surface area contributed by atoms with Crippen molar-refractivity contribution in [3.63, 3.8) is 0 Å². The topological polar surface area (TPSA) is 109 Å². The molecule has 0 aromatic carbocycles. The molecule has 12 aliphatic rings. The van der Waals surface area contributed by atoms with E-state index in [2.05, 4.69) is 62.1 Å². The van der Waals surface area contributed by atoms with Crippen LogP contribution >= 0.6 is 0 Å². The van der Waals surface area contributed by atoms with E-state index in [0.29, 0.717) is 73.5 Å². The molecule has 12 nitrogen and oxygen atoms in total. The highest BCUT2D eigenvalue weighted by molar-refractivity contribution is 5.16. The molecule has 0 aromatic rings. The van der Waals surface area contributed by atoms with Gasteiger partial charge in [0, 0.05) is 24.2 Å². The Morgan fingerprint density at radius 2 is 0.382 bits per heavy atom. The first-order chi connectivity index (χ1) is 33.8. The van der Waals surface area contributed by atoms with Gasteiger partial charge in [0.2, 0.25) is 0 Å². The number of hydrogen-bond acceptors (Lipinski definition) is 12. The molecule has 0 spiro atoms. The Morgan fingerprint density at radius 3 is 0.529 bits per heavy atom. The Hall–Kier alpha value is -0.480. The van der Waals surface area contributed by atoms with Crippen LogP contribution in [0.3, 0.4) is 0 Å². The first-order valence-corrected chi connectivity index (χ1v) is 30.8. The van der Waals surface area contributed by atoms with Crippen molar-refractivity contribution in [1.82, 2.24) is 62.1 Å². The molecule has 16 unspecified atom stereocenters. The highest BCUT2D eigenvalue weighted by Crippen LogP contribution is 2.63. The average molecular weight is 944 g/mol. The van der Waals surface area contributed by atoms with E-state index in [9.17, 15) is 0 Å². The molecule has 386 valence electrons. The predicted molar refractivity (Wildman–Crippen MR) is 276 cm³/mol. The van der Waals surface area contributed by atoms with Gasteiger partial charge >= 0.3 is 0 Å². The van der Waals surface area contributed by atoms with E-state index in [1.165, 1.54) is 245 Å². The summed E-state index contributed by atoms with van der Waals surface area (Å²) in [5, 5.41) is 34.1. The summed E-state index contributed by atoms with van der Waals surface area (Å²) in [6, 6.07) is 2.53. The third-order valence-electron chi connectivity index (χ3n) is 21.7. The van der Waals surface area contributed by atoms with Gasteiger partial charge in [-0.1, -0.05) is 0 Å². The van der Waals surface area contributed by atoms with Crippen LogP contribution in [0.15, 0.2) is 0 Å². The molecule has 12 fully saturated rings. The van der Waals surface area contributed by atoms with Crippen LogP contribution in [0.5, 0.6) is 0 Å². The SMILES string of the molecule is C1CCC(N(C2CCCCN2)C2CC(N(C3CCCCN3)C3CCCCN3)C3CCC4C5C(CCC2C35)C(N(C2CCCCN2)C2CCCCN2)CC4N(C2CCCCN2)C2CCCCN2)NC1. The second kappa shape index (κ2) is 23.0. The molecule has 16 atom stereocenters. The fraction of sp³-hybridized carbons (Fsp3) is 1.00. The van der Waals surface area contributed by atoms with Crippen LogP contribution in [0.2, 0.25) is 0 Å². The molecule has 8 heterocycles. The van der Waals surface area contributed by atoms with E-state index in [-0.39, 0.29) is 0 Å². The highest BCUT2D eigenvalue weighted by Gasteiger charge is 2.64. The summed E-state index contributed by atoms with van der Waals surface area (Å²) in [6.07, 6.45) is 45.1. The van der Waals surface area contributed by atoms with Crippen molar-refractivity contribution in [2.24, 2.45) is 35.5 Å². The van der Waals surface area contributed by atoms with E-state index in [4.69, 9.17) is 0 Å². The van der Waals surface area contributed by atoms with Crippen molar-refractivity contribution in [2.45, 2.75) is 266 Å². The Labute approximate surface area is 414 Å². The normalized spacial score (nSPS) is 46.4. The Balaban J connectivity index is 0.995. The van der Waals surface area contributed by atoms with Crippen LogP contribution < -0.4 is 42.5 Å². The molecular weight excluding hydrogens is 841 g/mol. The molecule has 0 aromatic heterocycles. The van der Waals surface area contributed by atoms with Crippen LogP contribution in [-0.4, -0.2) is 145 Å². The van der Waals surface area contributed by atoms with Crippen molar-refractivity contribution in [1.29, 1.82) is 0 Å². The number of hydrogen-bond donors (Lipinski definition) is 8. The zero-order chi connectivity index (χ0) is 45.2. The Bertz CT molecular complexity index is 1230. The lowest BCUT2D eigenvalue weighted by Crippen LogP contribution is -2.75. The maximum atomic E-state index is 4.27. The summed E-state index contributed by atoms with van der Waals surface area (Å²) in [7, 11) is 0. The molecule has 8 N–H and O–H groups in total. The fourth-order valence-corrected chi connectivity index (χ4v) is 19.1. The van der Waals surface area contributed by atoms with Crippen LogP contribution in [0.1, 0.15) is 193 Å². The van der Waals surface area contributed by atoms with Gasteiger partial charge in [0.1, 0.15) is 0 Å². The van der Waals surface area contributed by atoms with Crippen LogP contribution in [0.4, 0.5) is 0 Å². The molecule has 4 aliphatic carbocycles. The van der Waals surface area contributed by atoms with Gasteiger partial charge in [0.05, 0.1) is 49.3 Å². The maximum absolute atomic E-state index is 4.27.